The fraction of sp³-hybridized carbons (Fsp3) is 1.00. The molecule has 98 valence electrons. The molecule has 0 aromatic carbocycles. The number of piperidine rings is 1. The molecule has 6 atom stereocenters. The van der Waals surface area contributed by atoms with E-state index in [4.69, 9.17) is 5.73 Å². The first kappa shape index (κ1) is 12.0. The summed E-state index contributed by atoms with van der Waals surface area (Å²) in [7, 11) is 0. The van der Waals surface area contributed by atoms with Gasteiger partial charge in [-0.25, -0.2) is 0 Å². The van der Waals surface area contributed by atoms with E-state index >= 15 is 0 Å². The summed E-state index contributed by atoms with van der Waals surface area (Å²) in [6.07, 6.45) is 8.50. The van der Waals surface area contributed by atoms with Crippen molar-refractivity contribution in [2.45, 2.75) is 70.5 Å². The van der Waals surface area contributed by atoms with Crippen LogP contribution in [-0.4, -0.2) is 29.6 Å². The highest BCUT2D eigenvalue weighted by Crippen LogP contribution is 2.48. The van der Waals surface area contributed by atoms with Crippen molar-refractivity contribution in [2.24, 2.45) is 23.5 Å². The Balaban J connectivity index is 1.66. The largest absolute Gasteiger partial charge is 0.327 e. The number of hydrogen-bond donors (Lipinski definition) is 1. The summed E-state index contributed by atoms with van der Waals surface area (Å²) in [4.78, 5) is 2.76. The average molecular weight is 236 g/mol. The highest BCUT2D eigenvalue weighted by molar-refractivity contribution is 5.00. The topological polar surface area (TPSA) is 29.3 Å². The lowest BCUT2D eigenvalue weighted by molar-refractivity contribution is 0.0661. The zero-order valence-electron chi connectivity index (χ0n) is 11.4. The van der Waals surface area contributed by atoms with Gasteiger partial charge in [-0.3, -0.25) is 4.90 Å². The van der Waals surface area contributed by atoms with Crippen molar-refractivity contribution in [1.29, 1.82) is 0 Å². The minimum absolute atomic E-state index is 0.509. The first-order chi connectivity index (χ1) is 8.16. The van der Waals surface area contributed by atoms with E-state index < -0.39 is 0 Å². The Bertz CT molecular complexity index is 266. The summed E-state index contributed by atoms with van der Waals surface area (Å²) in [6.45, 7) is 6.10. The number of nitrogens with two attached hydrogens (primary N) is 1. The molecule has 2 saturated carbocycles. The predicted molar refractivity (Wildman–Crippen MR) is 71.8 cm³/mol. The summed E-state index contributed by atoms with van der Waals surface area (Å²) in [5.74, 6) is 2.62. The van der Waals surface area contributed by atoms with Gasteiger partial charge in [-0.05, 0) is 63.7 Å². The van der Waals surface area contributed by atoms with Gasteiger partial charge in [-0.2, -0.15) is 0 Å². The first-order valence-corrected chi connectivity index (χ1v) is 7.68. The van der Waals surface area contributed by atoms with E-state index in [9.17, 15) is 0 Å². The minimum Gasteiger partial charge on any atom is -0.327 e. The van der Waals surface area contributed by atoms with Crippen LogP contribution in [0.15, 0.2) is 0 Å². The smallest absolute Gasteiger partial charge is 0.0111 e. The van der Waals surface area contributed by atoms with Gasteiger partial charge in [0.25, 0.3) is 0 Å². The highest BCUT2D eigenvalue weighted by Gasteiger charge is 2.46. The van der Waals surface area contributed by atoms with Gasteiger partial charge >= 0.3 is 0 Å². The maximum Gasteiger partial charge on any atom is 0.0111 e. The summed E-state index contributed by atoms with van der Waals surface area (Å²) in [5.41, 5.74) is 6.45. The number of rotatable bonds is 2. The first-order valence-electron chi connectivity index (χ1n) is 7.68. The fourth-order valence-corrected chi connectivity index (χ4v) is 4.80. The molecule has 0 amide bonds. The molecule has 1 aliphatic heterocycles. The molecule has 2 N–H and O–H groups in total. The molecule has 2 heteroatoms. The molecule has 3 fully saturated rings. The molecular formula is C15H28N2. The molecule has 17 heavy (non-hydrogen) atoms. The van der Waals surface area contributed by atoms with Crippen LogP contribution in [0.25, 0.3) is 0 Å². The van der Waals surface area contributed by atoms with Crippen molar-refractivity contribution >= 4 is 0 Å². The molecule has 0 aromatic heterocycles. The van der Waals surface area contributed by atoms with E-state index in [-0.39, 0.29) is 0 Å². The lowest BCUT2D eigenvalue weighted by Crippen LogP contribution is -2.50. The van der Waals surface area contributed by atoms with Crippen LogP contribution >= 0.6 is 0 Å². The van der Waals surface area contributed by atoms with E-state index in [1.807, 2.05) is 0 Å². The molecule has 3 aliphatic rings. The molecule has 0 radical (unpaired) electrons. The minimum atomic E-state index is 0.509. The van der Waals surface area contributed by atoms with Crippen LogP contribution in [-0.2, 0) is 0 Å². The molecule has 0 spiro atoms. The Labute approximate surface area is 106 Å². The van der Waals surface area contributed by atoms with Gasteiger partial charge in [0.15, 0.2) is 0 Å². The second-order valence-corrected chi connectivity index (χ2v) is 6.90. The van der Waals surface area contributed by atoms with Gasteiger partial charge in [-0.15, -0.1) is 0 Å². The second-order valence-electron chi connectivity index (χ2n) is 6.90. The van der Waals surface area contributed by atoms with Crippen molar-refractivity contribution in [3.05, 3.63) is 0 Å². The van der Waals surface area contributed by atoms with Crippen LogP contribution in [0.5, 0.6) is 0 Å². The Hall–Kier alpha value is -0.0800. The van der Waals surface area contributed by atoms with Gasteiger partial charge in [0.1, 0.15) is 0 Å². The maximum absolute atomic E-state index is 6.45. The van der Waals surface area contributed by atoms with E-state index in [1.165, 1.54) is 45.1 Å². The van der Waals surface area contributed by atoms with E-state index in [1.54, 1.807) is 0 Å². The normalized spacial score (nSPS) is 51.0. The lowest BCUT2D eigenvalue weighted by Gasteiger charge is -2.43. The second kappa shape index (κ2) is 4.55. The number of nitrogens with zero attached hydrogens (tertiary/aromatic N) is 1. The molecule has 6 unspecified atom stereocenters. The third kappa shape index (κ3) is 2.04. The van der Waals surface area contributed by atoms with Crippen molar-refractivity contribution < 1.29 is 0 Å². The molecular weight excluding hydrogens is 208 g/mol. The van der Waals surface area contributed by atoms with Crippen molar-refractivity contribution in [3.8, 4) is 0 Å². The summed E-state index contributed by atoms with van der Waals surface area (Å²) in [6, 6.07) is 2.07. The van der Waals surface area contributed by atoms with Crippen LogP contribution < -0.4 is 5.73 Å². The molecule has 0 aromatic rings. The summed E-state index contributed by atoms with van der Waals surface area (Å²) < 4.78 is 0. The number of hydrogen-bond acceptors (Lipinski definition) is 2. The zero-order chi connectivity index (χ0) is 12.0. The molecule has 1 heterocycles. The standard InChI is InChI=1S/C15H28N2/c1-10-4-3-5-11(2)17(10)9-14-12-6-7-13(8-12)15(14)16/h10-15H,3-9,16H2,1-2H3. The summed E-state index contributed by atoms with van der Waals surface area (Å²) in [5, 5.41) is 0. The van der Waals surface area contributed by atoms with Gasteiger partial charge < -0.3 is 5.73 Å². The Morgan fingerprint density at radius 3 is 2.24 bits per heavy atom. The maximum atomic E-state index is 6.45. The van der Waals surface area contributed by atoms with Gasteiger partial charge in [0.2, 0.25) is 0 Å². The van der Waals surface area contributed by atoms with Crippen molar-refractivity contribution in [1.82, 2.24) is 4.90 Å². The van der Waals surface area contributed by atoms with Crippen LogP contribution in [0.2, 0.25) is 0 Å². The number of likely N-dealkylation sites (tertiary alicyclic amines) is 1. The van der Waals surface area contributed by atoms with Crippen LogP contribution in [0.1, 0.15) is 52.4 Å². The molecule has 2 bridgehead atoms. The Morgan fingerprint density at radius 2 is 1.65 bits per heavy atom. The third-order valence-corrected chi connectivity index (χ3v) is 5.96. The van der Waals surface area contributed by atoms with Crippen molar-refractivity contribution in [2.75, 3.05) is 6.54 Å². The Morgan fingerprint density at radius 1 is 1.00 bits per heavy atom. The molecule has 2 nitrogen and oxygen atoms in total. The van der Waals surface area contributed by atoms with Gasteiger partial charge in [0, 0.05) is 24.7 Å². The van der Waals surface area contributed by atoms with Crippen molar-refractivity contribution in [3.63, 3.8) is 0 Å². The zero-order valence-corrected chi connectivity index (χ0v) is 11.4. The number of fused-ring (bicyclic) bond motifs is 2. The molecule has 1 saturated heterocycles. The Kier molecular flexibility index (Phi) is 3.20. The van der Waals surface area contributed by atoms with Gasteiger partial charge in [0.05, 0.1) is 0 Å². The SMILES string of the molecule is CC1CCCC(C)N1CC1C2CCC(C2)C1N. The molecule has 2 aliphatic carbocycles. The average Bonchev–Trinajstić information content (AvgIpc) is 2.86. The third-order valence-electron chi connectivity index (χ3n) is 5.96. The molecule has 3 rings (SSSR count). The quantitative estimate of drug-likeness (QED) is 0.798. The summed E-state index contributed by atoms with van der Waals surface area (Å²) >= 11 is 0. The van der Waals surface area contributed by atoms with Crippen LogP contribution in [0, 0.1) is 17.8 Å². The van der Waals surface area contributed by atoms with E-state index in [2.05, 4.69) is 18.7 Å². The highest BCUT2D eigenvalue weighted by atomic mass is 15.2. The fourth-order valence-electron chi connectivity index (χ4n) is 4.80. The van der Waals surface area contributed by atoms with Crippen LogP contribution in [0.3, 0.4) is 0 Å². The van der Waals surface area contributed by atoms with Crippen LogP contribution in [0.4, 0.5) is 0 Å². The monoisotopic (exact) mass is 236 g/mol. The van der Waals surface area contributed by atoms with E-state index in [0.717, 1.165) is 29.8 Å². The van der Waals surface area contributed by atoms with Gasteiger partial charge in [-0.1, -0.05) is 6.42 Å². The predicted octanol–water partition coefficient (Wildman–Crippen LogP) is 2.62. The lowest BCUT2D eigenvalue weighted by atomic mass is 9.83. The van der Waals surface area contributed by atoms with E-state index in [0.29, 0.717) is 6.04 Å².